The maximum Gasteiger partial charge on any atom is 0.382 e. The summed E-state index contributed by atoms with van der Waals surface area (Å²) in [6, 6.07) is 13.9. The molecule has 1 aliphatic carbocycles. The molecule has 0 unspecified atom stereocenters. The molecule has 1 N–H and O–H groups in total. The monoisotopic (exact) mass is 220 g/mol. The summed E-state index contributed by atoms with van der Waals surface area (Å²) in [7, 11) is 0. The first kappa shape index (κ1) is 9.68. The summed E-state index contributed by atoms with van der Waals surface area (Å²) in [4.78, 5) is 10.4. The van der Waals surface area contributed by atoms with Gasteiger partial charge in [0.05, 0.1) is 0 Å². The second-order valence-corrected chi connectivity index (χ2v) is 3.86. The molecule has 2 heteroatoms. The van der Waals surface area contributed by atoms with Gasteiger partial charge in [0.15, 0.2) is 0 Å². The summed E-state index contributed by atoms with van der Waals surface area (Å²) < 4.78 is 0. The van der Waals surface area contributed by atoms with Crippen LogP contribution < -0.4 is 0 Å². The Morgan fingerprint density at radius 2 is 1.59 bits per heavy atom. The Labute approximate surface area is 97.2 Å². The first-order valence-corrected chi connectivity index (χ1v) is 5.24. The molecular formula is C15H8O2. The predicted molar refractivity (Wildman–Crippen MR) is 62.7 cm³/mol. The molecule has 0 atom stereocenters. The summed E-state index contributed by atoms with van der Waals surface area (Å²) in [6.45, 7) is 0. The molecule has 80 valence electrons. The van der Waals surface area contributed by atoms with E-state index in [0.717, 1.165) is 10.8 Å². The van der Waals surface area contributed by atoms with Crippen LogP contribution in [0.25, 0.3) is 0 Å². The quantitative estimate of drug-likeness (QED) is 0.588. The normalized spacial score (nSPS) is 10.4. The number of carboxylic acids is 1. The molecule has 0 aliphatic heterocycles. The first-order chi connectivity index (χ1) is 8.25. The highest BCUT2D eigenvalue weighted by Gasteiger charge is 2.01. The molecule has 0 aromatic heterocycles. The fourth-order valence-corrected chi connectivity index (χ4v) is 2.10. The number of carboxylic acid groups (broad SMARTS) is 1. The van der Waals surface area contributed by atoms with Crippen molar-refractivity contribution in [1.82, 2.24) is 0 Å². The number of hydrogen-bond donors (Lipinski definition) is 1. The van der Waals surface area contributed by atoms with Crippen molar-refractivity contribution in [2.45, 2.75) is 0 Å². The van der Waals surface area contributed by atoms with Crippen LogP contribution in [-0.4, -0.2) is 11.1 Å². The summed E-state index contributed by atoms with van der Waals surface area (Å²) >= 11 is 0. The van der Waals surface area contributed by atoms with Crippen molar-refractivity contribution < 1.29 is 9.90 Å². The number of fused-ring (bicyclic) bond motifs is 2. The Balaban J connectivity index is 2.24. The van der Waals surface area contributed by atoms with Crippen LogP contribution in [-0.2, 0) is 4.79 Å². The Hall–Kier alpha value is -2.53. The van der Waals surface area contributed by atoms with Gasteiger partial charge in [-0.25, -0.2) is 4.79 Å². The van der Waals surface area contributed by atoms with E-state index < -0.39 is 5.97 Å². The van der Waals surface area contributed by atoms with Crippen LogP contribution in [0.1, 0.15) is 5.56 Å². The van der Waals surface area contributed by atoms with Crippen LogP contribution in [0.3, 0.4) is 0 Å². The van der Waals surface area contributed by atoms with E-state index in [9.17, 15) is 4.79 Å². The average Bonchev–Trinajstić information content (AvgIpc) is 2.33. The van der Waals surface area contributed by atoms with Gasteiger partial charge in [0, 0.05) is 11.5 Å². The SMILES string of the molecule is O=C(O)C#Cc1ccc2c(c1)=c1ccccc1=2. The zero-order valence-electron chi connectivity index (χ0n) is 8.90. The van der Waals surface area contributed by atoms with Crippen molar-refractivity contribution in [3.8, 4) is 11.8 Å². The molecule has 2 aromatic rings. The largest absolute Gasteiger partial charge is 0.472 e. The van der Waals surface area contributed by atoms with Crippen LogP contribution in [0, 0.1) is 32.7 Å². The van der Waals surface area contributed by atoms with Gasteiger partial charge in [0.1, 0.15) is 0 Å². The highest BCUT2D eigenvalue weighted by Crippen LogP contribution is 2.13. The number of aliphatic carboxylic acids is 1. The molecule has 0 saturated carbocycles. The van der Waals surface area contributed by atoms with Gasteiger partial charge in [0.2, 0.25) is 0 Å². The predicted octanol–water partition coefficient (Wildman–Crippen LogP) is 2.01. The van der Waals surface area contributed by atoms with Crippen LogP contribution in [0.4, 0.5) is 0 Å². The molecule has 0 amide bonds. The minimum atomic E-state index is -1.10. The molecule has 0 radical (unpaired) electrons. The Kier molecular flexibility index (Phi) is 1.99. The van der Waals surface area contributed by atoms with Crippen molar-refractivity contribution in [3.63, 3.8) is 0 Å². The lowest BCUT2D eigenvalue weighted by atomic mass is 10.00. The third-order valence-corrected chi connectivity index (χ3v) is 2.84. The Morgan fingerprint density at radius 1 is 0.941 bits per heavy atom. The van der Waals surface area contributed by atoms with E-state index in [1.54, 1.807) is 0 Å². The van der Waals surface area contributed by atoms with E-state index in [1.807, 2.05) is 30.3 Å². The van der Waals surface area contributed by atoms with Gasteiger partial charge in [-0.2, -0.15) is 0 Å². The van der Waals surface area contributed by atoms with Crippen molar-refractivity contribution in [2.75, 3.05) is 0 Å². The van der Waals surface area contributed by atoms with Crippen molar-refractivity contribution in [2.24, 2.45) is 0 Å². The van der Waals surface area contributed by atoms with Crippen molar-refractivity contribution in [1.29, 1.82) is 0 Å². The maximum atomic E-state index is 10.4. The van der Waals surface area contributed by atoms with E-state index in [0.29, 0.717) is 0 Å². The van der Waals surface area contributed by atoms with Gasteiger partial charge in [-0.1, -0.05) is 36.3 Å². The minimum Gasteiger partial charge on any atom is -0.472 e. The fraction of sp³-hybridized carbons (Fsp3) is 0. The van der Waals surface area contributed by atoms with Crippen molar-refractivity contribution >= 4 is 5.97 Å². The zero-order chi connectivity index (χ0) is 11.8. The Bertz CT molecular complexity index is 868. The summed E-state index contributed by atoms with van der Waals surface area (Å²) in [6.07, 6.45) is 0. The standard InChI is InChI=1S/C15H8O2/c16-15(17)8-6-10-5-7-13-11-3-1-2-4-12(11)14(13)9-10/h1-5,7,9H,(H,16,17). The highest BCUT2D eigenvalue weighted by atomic mass is 16.4. The molecule has 1 aliphatic rings. The number of hydrogen-bond acceptors (Lipinski definition) is 1. The summed E-state index contributed by atoms with van der Waals surface area (Å²) in [5.41, 5.74) is 0.737. The minimum absolute atomic E-state index is 0.737. The molecule has 17 heavy (non-hydrogen) atoms. The van der Waals surface area contributed by atoms with E-state index in [4.69, 9.17) is 5.11 Å². The molecule has 3 rings (SSSR count). The first-order valence-electron chi connectivity index (χ1n) is 5.24. The molecule has 0 heterocycles. The van der Waals surface area contributed by atoms with E-state index >= 15 is 0 Å². The van der Waals surface area contributed by atoms with Crippen molar-refractivity contribution in [3.05, 3.63) is 68.9 Å². The van der Waals surface area contributed by atoms with Crippen LogP contribution in [0.2, 0.25) is 0 Å². The summed E-state index contributed by atoms with van der Waals surface area (Å²) in [5, 5.41) is 13.3. The number of carbonyl (C=O) groups is 1. The molecular weight excluding hydrogens is 212 g/mol. The fourth-order valence-electron chi connectivity index (χ4n) is 2.10. The van der Waals surface area contributed by atoms with E-state index in [2.05, 4.69) is 24.0 Å². The van der Waals surface area contributed by atoms with Gasteiger partial charge in [-0.05, 0) is 33.0 Å². The molecule has 0 saturated heterocycles. The zero-order valence-corrected chi connectivity index (χ0v) is 8.90. The van der Waals surface area contributed by atoms with Gasteiger partial charge in [-0.15, -0.1) is 0 Å². The van der Waals surface area contributed by atoms with Crippen LogP contribution >= 0.6 is 0 Å². The highest BCUT2D eigenvalue weighted by molar-refractivity contribution is 5.87. The molecule has 0 fully saturated rings. The third kappa shape index (κ3) is 1.49. The number of benzene rings is 2. The van der Waals surface area contributed by atoms with E-state index in [1.165, 1.54) is 15.7 Å². The Morgan fingerprint density at radius 3 is 2.29 bits per heavy atom. The molecule has 0 spiro atoms. The lowest BCUT2D eigenvalue weighted by Gasteiger charge is -2.04. The second-order valence-electron chi connectivity index (χ2n) is 3.86. The maximum absolute atomic E-state index is 10.4. The molecule has 2 aromatic carbocycles. The second kappa shape index (κ2) is 3.50. The summed E-state index contributed by atoms with van der Waals surface area (Å²) in [5.74, 6) is 3.65. The van der Waals surface area contributed by atoms with E-state index in [-0.39, 0.29) is 0 Å². The smallest absolute Gasteiger partial charge is 0.382 e. The van der Waals surface area contributed by atoms with Gasteiger partial charge >= 0.3 is 5.97 Å². The number of rotatable bonds is 0. The third-order valence-electron chi connectivity index (χ3n) is 2.84. The van der Waals surface area contributed by atoms with Crippen LogP contribution in [0.15, 0.2) is 42.5 Å². The topological polar surface area (TPSA) is 37.3 Å². The lowest BCUT2D eigenvalue weighted by Crippen LogP contribution is -1.92. The van der Waals surface area contributed by atoms with Gasteiger partial charge in [-0.3, -0.25) is 0 Å². The molecule has 0 bridgehead atoms. The van der Waals surface area contributed by atoms with Gasteiger partial charge < -0.3 is 5.11 Å². The molecule has 2 nitrogen and oxygen atoms in total. The van der Waals surface area contributed by atoms with Gasteiger partial charge in [0.25, 0.3) is 0 Å². The van der Waals surface area contributed by atoms with Crippen LogP contribution in [0.5, 0.6) is 0 Å². The lowest BCUT2D eigenvalue weighted by molar-refractivity contribution is -0.130. The average molecular weight is 220 g/mol.